The molecule has 1 aromatic carbocycles. The Morgan fingerprint density at radius 3 is 2.30 bits per heavy atom. The van der Waals surface area contributed by atoms with E-state index in [0.717, 1.165) is 5.56 Å². The third kappa shape index (κ3) is 4.39. The van der Waals surface area contributed by atoms with Gasteiger partial charge in [-0.15, -0.1) is 11.6 Å². The van der Waals surface area contributed by atoms with Crippen molar-refractivity contribution in [3.8, 4) is 0 Å². The fourth-order valence-corrected chi connectivity index (χ4v) is 2.47. The van der Waals surface area contributed by atoms with Crippen molar-refractivity contribution >= 4 is 17.7 Å². The lowest BCUT2D eigenvalue weighted by molar-refractivity contribution is -0.275. The van der Waals surface area contributed by atoms with Crippen molar-refractivity contribution in [2.24, 2.45) is 0 Å². The van der Waals surface area contributed by atoms with E-state index in [9.17, 15) is 15.0 Å². The van der Waals surface area contributed by atoms with Gasteiger partial charge in [-0.2, -0.15) is 0 Å². The molecule has 0 bridgehead atoms. The molecule has 0 unspecified atom stereocenters. The van der Waals surface area contributed by atoms with Crippen molar-refractivity contribution in [1.82, 2.24) is 4.90 Å². The first-order valence-corrected chi connectivity index (χ1v) is 7.09. The zero-order valence-corrected chi connectivity index (χ0v) is 12.8. The summed E-state index contributed by atoms with van der Waals surface area (Å²) in [4.78, 5) is 12.6. The predicted octanol–water partition coefficient (Wildman–Crippen LogP) is 1.64. The maximum atomic E-state index is 11.5. The fourth-order valence-electron chi connectivity index (χ4n) is 2.26. The highest BCUT2D eigenvalue weighted by molar-refractivity contribution is 6.18. The molecule has 0 fully saturated rings. The van der Waals surface area contributed by atoms with Gasteiger partial charge in [0.2, 0.25) is 0 Å². The van der Waals surface area contributed by atoms with E-state index in [1.165, 1.54) is 4.90 Å². The van der Waals surface area contributed by atoms with E-state index in [1.54, 1.807) is 20.8 Å². The van der Waals surface area contributed by atoms with Crippen LogP contribution in [-0.4, -0.2) is 39.7 Å². The van der Waals surface area contributed by atoms with Gasteiger partial charge in [0.15, 0.2) is 0 Å². The van der Waals surface area contributed by atoms with Gasteiger partial charge in [-0.25, -0.2) is 0 Å². The molecule has 0 saturated heterocycles. The van der Waals surface area contributed by atoms with Crippen molar-refractivity contribution in [3.63, 3.8) is 0 Å². The molecule has 0 saturated carbocycles. The minimum atomic E-state index is -1.30. The first kappa shape index (κ1) is 16.8. The van der Waals surface area contributed by atoms with Crippen LogP contribution in [0.3, 0.4) is 0 Å². The predicted molar refractivity (Wildman–Crippen MR) is 77.6 cm³/mol. The van der Waals surface area contributed by atoms with E-state index in [4.69, 9.17) is 11.6 Å². The molecule has 0 heterocycles. The number of amides is 1. The van der Waals surface area contributed by atoms with Gasteiger partial charge in [0.25, 0.3) is 0 Å². The molecule has 1 aromatic rings. The van der Waals surface area contributed by atoms with E-state index in [2.05, 4.69) is 0 Å². The van der Waals surface area contributed by atoms with Crippen LogP contribution in [0.4, 0.5) is 4.79 Å². The summed E-state index contributed by atoms with van der Waals surface area (Å²) >= 11 is 5.72. The molecule has 20 heavy (non-hydrogen) atoms. The number of halogens is 1. The molecule has 112 valence electrons. The van der Waals surface area contributed by atoms with E-state index >= 15 is 0 Å². The van der Waals surface area contributed by atoms with Gasteiger partial charge in [0, 0.05) is 5.54 Å². The number of hydrogen-bond acceptors (Lipinski definition) is 3. The van der Waals surface area contributed by atoms with Crippen LogP contribution in [-0.2, 0) is 6.42 Å². The van der Waals surface area contributed by atoms with E-state index < -0.39 is 23.8 Å². The lowest BCUT2D eigenvalue weighted by Crippen LogP contribution is -2.60. The van der Waals surface area contributed by atoms with Crippen molar-refractivity contribution in [3.05, 3.63) is 35.9 Å². The molecule has 0 aliphatic heterocycles. The summed E-state index contributed by atoms with van der Waals surface area (Å²) in [5.41, 5.74) is 0.267. The summed E-state index contributed by atoms with van der Waals surface area (Å²) in [5, 5.41) is 21.6. The van der Waals surface area contributed by atoms with Gasteiger partial charge >= 0.3 is 0 Å². The summed E-state index contributed by atoms with van der Waals surface area (Å²) in [7, 11) is 0. The third-order valence-corrected chi connectivity index (χ3v) is 3.46. The van der Waals surface area contributed by atoms with Crippen molar-refractivity contribution in [2.45, 2.75) is 44.9 Å². The summed E-state index contributed by atoms with van der Waals surface area (Å²) in [6.07, 6.45) is -1.86. The fraction of sp³-hybridized carbons (Fsp3) is 0.533. The molecule has 5 heteroatoms. The van der Waals surface area contributed by atoms with Crippen LogP contribution in [0.25, 0.3) is 0 Å². The minimum Gasteiger partial charge on any atom is -0.530 e. The topological polar surface area (TPSA) is 63.6 Å². The highest BCUT2D eigenvalue weighted by atomic mass is 35.5. The summed E-state index contributed by atoms with van der Waals surface area (Å²) in [6, 6.07) is 8.78. The number of alkyl halides is 1. The second kappa shape index (κ2) is 6.95. The summed E-state index contributed by atoms with van der Waals surface area (Å²) < 4.78 is 0. The summed E-state index contributed by atoms with van der Waals surface area (Å²) in [6.45, 7) is 5.30. The smallest absolute Gasteiger partial charge is 0.137 e. The highest BCUT2D eigenvalue weighted by Crippen LogP contribution is 2.22. The van der Waals surface area contributed by atoms with Crippen LogP contribution in [0, 0.1) is 0 Å². The molecule has 0 radical (unpaired) electrons. The Balaban J connectivity index is 3.07. The van der Waals surface area contributed by atoms with Crippen molar-refractivity contribution in [1.29, 1.82) is 0 Å². The number of hydrogen-bond donors (Lipinski definition) is 1. The first-order chi connectivity index (χ1) is 9.27. The average molecular weight is 299 g/mol. The number of nitrogens with zero attached hydrogens (tertiary/aromatic N) is 1. The Bertz CT molecular complexity index is 430. The normalized spacial score (nSPS) is 14.7. The van der Waals surface area contributed by atoms with Crippen LogP contribution >= 0.6 is 11.6 Å². The minimum absolute atomic E-state index is 0.0304. The van der Waals surface area contributed by atoms with Gasteiger partial charge < -0.3 is 19.9 Å². The molecule has 1 amide bonds. The number of carbonyl (C=O) groups excluding carboxylic acids is 1. The molecule has 1 N–H and O–H groups in total. The third-order valence-electron chi connectivity index (χ3n) is 3.14. The van der Waals surface area contributed by atoms with E-state index in [-0.39, 0.29) is 5.88 Å². The number of rotatable bonds is 5. The van der Waals surface area contributed by atoms with Crippen molar-refractivity contribution in [2.75, 3.05) is 5.88 Å². The largest absolute Gasteiger partial charge is 0.530 e. The molecule has 1 rings (SSSR count). The van der Waals surface area contributed by atoms with Gasteiger partial charge in [0.05, 0.1) is 18.0 Å². The van der Waals surface area contributed by atoms with E-state index in [1.807, 2.05) is 30.3 Å². The van der Waals surface area contributed by atoms with Gasteiger partial charge in [0.1, 0.15) is 6.09 Å². The number of aliphatic hydroxyl groups excluding tert-OH is 1. The zero-order chi connectivity index (χ0) is 15.3. The Labute approximate surface area is 125 Å². The van der Waals surface area contributed by atoms with Gasteiger partial charge in [-0.05, 0) is 32.8 Å². The van der Waals surface area contributed by atoms with Crippen LogP contribution < -0.4 is 5.11 Å². The Kier molecular flexibility index (Phi) is 5.84. The maximum absolute atomic E-state index is 11.5. The number of benzene rings is 1. The van der Waals surface area contributed by atoms with Crippen LogP contribution in [0.1, 0.15) is 26.3 Å². The van der Waals surface area contributed by atoms with Crippen molar-refractivity contribution < 1.29 is 15.0 Å². The molecule has 0 spiro atoms. The lowest BCUT2D eigenvalue weighted by Gasteiger charge is -2.45. The average Bonchev–Trinajstić information content (AvgIpc) is 2.36. The maximum Gasteiger partial charge on any atom is 0.137 e. The lowest BCUT2D eigenvalue weighted by atomic mass is 9.95. The second-order valence-corrected chi connectivity index (χ2v) is 6.09. The standard InChI is InChI=1S/C15H22ClNO3/c1-15(2,3)17(14(19)20)12(13(18)10-16)9-11-7-5-4-6-8-11/h4-8,12-13,18H,9-10H2,1-3H3,(H,19,20)/p-1/t12-,13-/m0/s1. The van der Waals surface area contributed by atoms with Crippen LogP contribution in [0.2, 0.25) is 0 Å². The summed E-state index contributed by atoms with van der Waals surface area (Å²) in [5.74, 6) is -0.0304. The quantitative estimate of drug-likeness (QED) is 0.841. The Morgan fingerprint density at radius 2 is 1.90 bits per heavy atom. The highest BCUT2D eigenvalue weighted by Gasteiger charge is 2.33. The number of carbonyl (C=O) groups is 1. The zero-order valence-electron chi connectivity index (χ0n) is 12.0. The number of aliphatic hydroxyl groups is 1. The van der Waals surface area contributed by atoms with Crippen LogP contribution in [0.15, 0.2) is 30.3 Å². The molecular formula is C15H21ClNO3-. The number of carboxylic acid groups (broad SMARTS) is 1. The molecule has 4 nitrogen and oxygen atoms in total. The molecule has 0 aliphatic rings. The Hall–Kier alpha value is -1.26. The SMILES string of the molecule is CC(C)(C)N(C(=O)[O-])[C@@H](Cc1ccccc1)[C@@H](O)CCl. The molecule has 2 atom stereocenters. The van der Waals surface area contributed by atoms with Gasteiger partial charge in [-0.1, -0.05) is 30.3 Å². The second-order valence-electron chi connectivity index (χ2n) is 5.79. The van der Waals surface area contributed by atoms with Gasteiger partial charge in [-0.3, -0.25) is 0 Å². The molecular weight excluding hydrogens is 278 g/mol. The molecule has 0 aliphatic carbocycles. The Morgan fingerprint density at radius 1 is 1.35 bits per heavy atom. The van der Waals surface area contributed by atoms with E-state index in [0.29, 0.717) is 6.42 Å². The monoisotopic (exact) mass is 298 g/mol. The first-order valence-electron chi connectivity index (χ1n) is 6.55. The van der Waals surface area contributed by atoms with Crippen LogP contribution in [0.5, 0.6) is 0 Å². The molecule has 0 aromatic heterocycles.